The maximum absolute atomic E-state index is 8.95. The zero-order valence-corrected chi connectivity index (χ0v) is 12.9. The fourth-order valence-electron chi connectivity index (χ4n) is 1.71. The molecular formula is C14H20NO3P. The molecule has 0 fully saturated rings. The van der Waals surface area contributed by atoms with Crippen molar-refractivity contribution in [1.29, 1.82) is 0 Å². The van der Waals surface area contributed by atoms with Crippen LogP contribution in [0.5, 0.6) is 0 Å². The van der Waals surface area contributed by atoms with Crippen molar-refractivity contribution >= 4 is 38.2 Å². The number of aldehydes is 1. The lowest BCUT2D eigenvalue weighted by Crippen LogP contribution is -1.94. The van der Waals surface area contributed by atoms with Gasteiger partial charge in [-0.3, -0.25) is 4.79 Å². The highest BCUT2D eigenvalue weighted by Gasteiger charge is 2.01. The Labute approximate surface area is 115 Å². The smallest absolute Gasteiger partial charge is 0.292 e. The van der Waals surface area contributed by atoms with Crippen molar-refractivity contribution in [2.45, 2.75) is 13.8 Å². The summed E-state index contributed by atoms with van der Waals surface area (Å²) in [5.41, 5.74) is 2.67. The summed E-state index contributed by atoms with van der Waals surface area (Å²) in [6.45, 7) is 3.97. The van der Waals surface area contributed by atoms with Crippen LogP contribution in [-0.4, -0.2) is 24.4 Å². The molecular weight excluding hydrogens is 261 g/mol. The van der Waals surface area contributed by atoms with Gasteiger partial charge in [0.25, 0.3) is 6.47 Å². The molecule has 1 aromatic heterocycles. The van der Waals surface area contributed by atoms with Gasteiger partial charge in [0, 0.05) is 18.6 Å². The SMILES string of the molecule is CC=O.COC=O.Cc1cc(P)cc2ccn(C)c12. The summed E-state index contributed by atoms with van der Waals surface area (Å²) >= 11 is 0. The fraction of sp³-hybridized carbons (Fsp3) is 0.286. The molecule has 1 atom stereocenters. The Morgan fingerprint density at radius 1 is 1.32 bits per heavy atom. The molecule has 2 rings (SSSR count). The molecule has 0 spiro atoms. The lowest BCUT2D eigenvalue weighted by atomic mass is 10.2. The normalized spacial score (nSPS) is 8.68. The number of nitrogens with zero attached hydrogens (tertiary/aromatic N) is 1. The highest BCUT2D eigenvalue weighted by atomic mass is 31.0. The van der Waals surface area contributed by atoms with Crippen LogP contribution < -0.4 is 5.30 Å². The first kappa shape index (κ1) is 17.3. The van der Waals surface area contributed by atoms with Gasteiger partial charge in [0.1, 0.15) is 6.29 Å². The highest BCUT2D eigenvalue weighted by molar-refractivity contribution is 7.27. The zero-order chi connectivity index (χ0) is 14.8. The van der Waals surface area contributed by atoms with Gasteiger partial charge in [0.2, 0.25) is 0 Å². The topological polar surface area (TPSA) is 48.3 Å². The average molecular weight is 281 g/mol. The minimum atomic E-state index is 0.375. The molecule has 1 aromatic carbocycles. The molecule has 0 saturated heterocycles. The molecule has 0 aliphatic rings. The van der Waals surface area contributed by atoms with Gasteiger partial charge in [-0.25, -0.2) is 0 Å². The standard InChI is InChI=1S/C10H12NP.C2H4O2.C2H4O/c1-7-5-9(12)6-8-3-4-11(2)10(7)8;1-4-2-3;1-2-3/h3-6H,12H2,1-2H3;2H,1H3;2H,1H3. The molecule has 5 heteroatoms. The Morgan fingerprint density at radius 2 is 1.84 bits per heavy atom. The summed E-state index contributed by atoms with van der Waals surface area (Å²) in [5.74, 6) is 0. The third kappa shape index (κ3) is 5.66. The van der Waals surface area contributed by atoms with Gasteiger partial charge in [-0.1, -0.05) is 6.07 Å². The molecule has 0 bridgehead atoms. The first-order valence-electron chi connectivity index (χ1n) is 5.69. The van der Waals surface area contributed by atoms with E-state index in [9.17, 15) is 0 Å². The van der Waals surface area contributed by atoms with Gasteiger partial charge in [-0.2, -0.15) is 0 Å². The quantitative estimate of drug-likeness (QED) is 0.593. The van der Waals surface area contributed by atoms with E-state index in [0.717, 1.165) is 6.29 Å². The predicted octanol–water partition coefficient (Wildman–Crippen LogP) is 1.98. The second-order valence-corrected chi connectivity index (χ2v) is 4.44. The minimum Gasteiger partial charge on any atom is -0.471 e. The van der Waals surface area contributed by atoms with Gasteiger partial charge >= 0.3 is 0 Å². The van der Waals surface area contributed by atoms with E-state index in [4.69, 9.17) is 9.59 Å². The summed E-state index contributed by atoms with van der Waals surface area (Å²) in [6.07, 6.45) is 2.85. The number of benzene rings is 1. The van der Waals surface area contributed by atoms with E-state index in [0.29, 0.717) is 6.47 Å². The van der Waals surface area contributed by atoms with Crippen LogP contribution in [0.2, 0.25) is 0 Å². The molecule has 4 nitrogen and oxygen atoms in total. The molecule has 104 valence electrons. The molecule has 0 aliphatic heterocycles. The van der Waals surface area contributed by atoms with Crippen LogP contribution in [0.1, 0.15) is 12.5 Å². The molecule has 0 N–H and O–H groups in total. The Balaban J connectivity index is 0.000000393. The molecule has 0 saturated carbocycles. The maximum Gasteiger partial charge on any atom is 0.292 e. The van der Waals surface area contributed by atoms with Crippen LogP contribution in [-0.2, 0) is 21.4 Å². The van der Waals surface area contributed by atoms with Crippen molar-refractivity contribution in [2.75, 3.05) is 7.11 Å². The number of methoxy groups -OCH3 is 1. The zero-order valence-electron chi connectivity index (χ0n) is 11.7. The molecule has 1 heterocycles. The number of fused-ring (bicyclic) bond motifs is 1. The molecule has 0 amide bonds. The van der Waals surface area contributed by atoms with Gasteiger partial charge < -0.3 is 14.1 Å². The largest absolute Gasteiger partial charge is 0.471 e. The van der Waals surface area contributed by atoms with Crippen molar-refractivity contribution in [3.8, 4) is 0 Å². The molecule has 1 unspecified atom stereocenters. The van der Waals surface area contributed by atoms with E-state index >= 15 is 0 Å². The average Bonchev–Trinajstić information content (AvgIpc) is 2.72. The molecule has 2 aromatic rings. The van der Waals surface area contributed by atoms with Gasteiger partial charge in [-0.05, 0) is 36.8 Å². The maximum atomic E-state index is 8.95. The van der Waals surface area contributed by atoms with Crippen LogP contribution in [0, 0.1) is 6.92 Å². The van der Waals surface area contributed by atoms with Crippen LogP contribution in [0.15, 0.2) is 24.4 Å². The third-order valence-corrected chi connectivity index (χ3v) is 2.61. The second kappa shape index (κ2) is 9.29. The summed E-state index contributed by atoms with van der Waals surface area (Å²) in [6, 6.07) is 6.52. The number of rotatable bonds is 1. The van der Waals surface area contributed by atoms with E-state index < -0.39 is 0 Å². The van der Waals surface area contributed by atoms with Crippen molar-refractivity contribution in [1.82, 2.24) is 4.57 Å². The molecule has 19 heavy (non-hydrogen) atoms. The van der Waals surface area contributed by atoms with Crippen molar-refractivity contribution in [2.24, 2.45) is 7.05 Å². The summed E-state index contributed by atoms with van der Waals surface area (Å²) in [4.78, 5) is 17.8. The fourth-order valence-corrected chi connectivity index (χ4v) is 2.14. The third-order valence-electron chi connectivity index (χ3n) is 2.28. The number of carbonyl (C=O) groups is 2. The van der Waals surface area contributed by atoms with Crippen LogP contribution >= 0.6 is 9.24 Å². The number of carbonyl (C=O) groups excluding carboxylic acids is 2. The van der Waals surface area contributed by atoms with Crippen molar-refractivity contribution < 1.29 is 14.3 Å². The first-order valence-corrected chi connectivity index (χ1v) is 6.26. The number of hydrogen-bond acceptors (Lipinski definition) is 3. The Bertz CT molecular complexity index is 535. The minimum absolute atomic E-state index is 0.375. The lowest BCUT2D eigenvalue weighted by Gasteiger charge is -2.02. The van der Waals surface area contributed by atoms with E-state index in [-0.39, 0.29) is 0 Å². The van der Waals surface area contributed by atoms with Crippen LogP contribution in [0.25, 0.3) is 10.9 Å². The lowest BCUT2D eigenvalue weighted by molar-refractivity contribution is -0.126. The first-order chi connectivity index (χ1) is 9.01. The van der Waals surface area contributed by atoms with Gasteiger partial charge in [0.15, 0.2) is 0 Å². The summed E-state index contributed by atoms with van der Waals surface area (Å²) in [5, 5.41) is 2.58. The molecule has 0 aliphatic carbocycles. The van der Waals surface area contributed by atoms with Crippen LogP contribution in [0.3, 0.4) is 0 Å². The number of aromatic nitrogens is 1. The van der Waals surface area contributed by atoms with E-state index in [1.165, 1.54) is 35.8 Å². The monoisotopic (exact) mass is 281 g/mol. The molecule has 0 radical (unpaired) electrons. The Kier molecular flexibility index (Phi) is 8.47. The highest BCUT2D eigenvalue weighted by Crippen LogP contribution is 2.18. The Morgan fingerprint density at radius 3 is 2.32 bits per heavy atom. The number of aryl methyl sites for hydroxylation is 2. The Hall–Kier alpha value is -1.67. The van der Waals surface area contributed by atoms with Gasteiger partial charge in [-0.15, -0.1) is 9.24 Å². The number of ether oxygens (including phenoxy) is 1. The number of hydrogen-bond donors (Lipinski definition) is 0. The van der Waals surface area contributed by atoms with E-state index in [2.05, 4.69) is 56.9 Å². The predicted molar refractivity (Wildman–Crippen MR) is 81.8 cm³/mol. The van der Waals surface area contributed by atoms with Gasteiger partial charge in [0.05, 0.1) is 12.6 Å². The van der Waals surface area contributed by atoms with Crippen molar-refractivity contribution in [3.05, 3.63) is 30.0 Å². The van der Waals surface area contributed by atoms with Crippen LogP contribution in [0.4, 0.5) is 0 Å². The summed E-state index contributed by atoms with van der Waals surface area (Å²) < 4.78 is 6.02. The summed E-state index contributed by atoms with van der Waals surface area (Å²) in [7, 11) is 6.13. The van der Waals surface area contributed by atoms with E-state index in [1.54, 1.807) is 0 Å². The second-order valence-electron chi connectivity index (χ2n) is 3.77. The van der Waals surface area contributed by atoms with Crippen molar-refractivity contribution in [3.63, 3.8) is 0 Å². The van der Waals surface area contributed by atoms with E-state index in [1.807, 2.05) is 0 Å².